The van der Waals surface area contributed by atoms with Crippen molar-refractivity contribution in [3.63, 3.8) is 0 Å². The topological polar surface area (TPSA) is 69.0 Å². The van der Waals surface area contributed by atoms with Gasteiger partial charge >= 0.3 is 0 Å². The molecule has 0 fully saturated rings. The minimum atomic E-state index is -0.528. The van der Waals surface area contributed by atoms with Crippen LogP contribution in [0.25, 0.3) is 11.0 Å². The summed E-state index contributed by atoms with van der Waals surface area (Å²) in [7, 11) is 3.20. The van der Waals surface area contributed by atoms with Gasteiger partial charge in [-0.1, -0.05) is 24.3 Å². The first-order valence-electron chi connectivity index (χ1n) is 12.1. The fraction of sp³-hybridized carbons (Fsp3) is 0.267. The number of fused-ring (bicyclic) bond motifs is 2. The van der Waals surface area contributed by atoms with Gasteiger partial charge in [0.25, 0.3) is 5.91 Å². The van der Waals surface area contributed by atoms with Crippen LogP contribution in [0.3, 0.4) is 0 Å². The normalized spacial score (nSPS) is 14.8. The highest BCUT2D eigenvalue weighted by atomic mass is 32.2. The molecule has 6 nitrogen and oxygen atoms in total. The van der Waals surface area contributed by atoms with Gasteiger partial charge in [-0.25, -0.2) is 0 Å². The number of carbonyl (C=O) groups is 1. The molecule has 37 heavy (non-hydrogen) atoms. The number of nitrogens with zero attached hydrogens (tertiary/aromatic N) is 1. The molecule has 1 atom stereocenters. The Bertz CT molecular complexity index is 1560. The Kier molecular flexibility index (Phi) is 6.73. The summed E-state index contributed by atoms with van der Waals surface area (Å²) >= 11 is 1.65. The van der Waals surface area contributed by atoms with Crippen LogP contribution in [0.15, 0.2) is 68.7 Å². The van der Waals surface area contributed by atoms with Gasteiger partial charge in [0.1, 0.15) is 5.58 Å². The van der Waals surface area contributed by atoms with Gasteiger partial charge in [0.2, 0.25) is 5.76 Å². The molecule has 0 spiro atoms. The van der Waals surface area contributed by atoms with Crippen molar-refractivity contribution in [3.05, 3.63) is 98.4 Å². The molecule has 0 N–H and O–H groups in total. The Hall–Kier alpha value is -3.71. The van der Waals surface area contributed by atoms with Crippen molar-refractivity contribution in [2.24, 2.45) is 0 Å². The van der Waals surface area contributed by atoms with Crippen LogP contribution < -0.4 is 14.9 Å². The van der Waals surface area contributed by atoms with Gasteiger partial charge in [0.15, 0.2) is 16.9 Å². The lowest BCUT2D eigenvalue weighted by Gasteiger charge is -2.25. The van der Waals surface area contributed by atoms with E-state index in [2.05, 4.69) is 0 Å². The molecule has 0 radical (unpaired) electrons. The number of thioether (sulfide) groups is 1. The monoisotopic (exact) mass is 515 g/mol. The maximum absolute atomic E-state index is 13.9. The Balaban J connectivity index is 1.61. The van der Waals surface area contributed by atoms with Gasteiger partial charge in [0.05, 0.1) is 31.2 Å². The molecular weight excluding hydrogens is 486 g/mol. The molecule has 4 aromatic rings. The standard InChI is InChI=1S/C30H29NO5S/c1-17-14-18(2)28-22(15-17)27(32)25-26(20-7-9-21(37-5)10-8-20)31(30(33)29(25)36-28)13-12-19-6-11-23(34-3)24(16-19)35-4/h6-11,14-16,26H,12-13H2,1-5H3. The minimum absolute atomic E-state index is 0.135. The second-order valence-corrected chi connectivity index (χ2v) is 10.1. The van der Waals surface area contributed by atoms with Crippen LogP contribution in [0, 0.1) is 13.8 Å². The first-order chi connectivity index (χ1) is 17.9. The Labute approximate surface area is 220 Å². The van der Waals surface area contributed by atoms with Gasteiger partial charge in [0, 0.05) is 11.4 Å². The molecule has 1 aliphatic rings. The largest absolute Gasteiger partial charge is 0.493 e. The highest BCUT2D eigenvalue weighted by molar-refractivity contribution is 7.98. The van der Waals surface area contributed by atoms with Crippen molar-refractivity contribution in [1.29, 1.82) is 0 Å². The molecule has 2 heterocycles. The van der Waals surface area contributed by atoms with E-state index in [4.69, 9.17) is 13.9 Å². The van der Waals surface area contributed by atoms with E-state index >= 15 is 0 Å². The maximum Gasteiger partial charge on any atom is 0.290 e. The SMILES string of the molecule is COc1ccc(CCN2C(=O)c3oc4c(C)cc(C)cc4c(=O)c3C2c2ccc(SC)cc2)cc1OC. The van der Waals surface area contributed by atoms with E-state index in [-0.39, 0.29) is 17.1 Å². The van der Waals surface area contributed by atoms with Crippen LogP contribution in [0.5, 0.6) is 11.5 Å². The van der Waals surface area contributed by atoms with E-state index in [1.54, 1.807) is 30.9 Å². The third kappa shape index (κ3) is 4.37. The molecule has 7 heteroatoms. The van der Waals surface area contributed by atoms with Crippen molar-refractivity contribution < 1.29 is 18.7 Å². The second-order valence-electron chi connectivity index (χ2n) is 9.25. The number of aryl methyl sites for hydroxylation is 2. The molecule has 0 saturated carbocycles. The Morgan fingerprint density at radius 1 is 0.946 bits per heavy atom. The van der Waals surface area contributed by atoms with E-state index in [1.807, 2.05) is 74.7 Å². The summed E-state index contributed by atoms with van der Waals surface area (Å²) in [6.45, 7) is 4.26. The van der Waals surface area contributed by atoms with Crippen molar-refractivity contribution in [2.75, 3.05) is 27.0 Å². The van der Waals surface area contributed by atoms with Crippen LogP contribution in [-0.2, 0) is 6.42 Å². The number of benzene rings is 3. The zero-order valence-electron chi connectivity index (χ0n) is 21.6. The minimum Gasteiger partial charge on any atom is -0.493 e. The number of methoxy groups -OCH3 is 2. The quantitative estimate of drug-likeness (QED) is 0.284. The summed E-state index contributed by atoms with van der Waals surface area (Å²) < 4.78 is 17.0. The maximum atomic E-state index is 13.9. The molecule has 3 aromatic carbocycles. The summed E-state index contributed by atoms with van der Waals surface area (Å²) in [5, 5.41) is 0.511. The van der Waals surface area contributed by atoms with Crippen molar-refractivity contribution in [2.45, 2.75) is 31.2 Å². The van der Waals surface area contributed by atoms with Gasteiger partial charge < -0.3 is 18.8 Å². The Morgan fingerprint density at radius 3 is 2.35 bits per heavy atom. The van der Waals surface area contributed by atoms with E-state index in [0.717, 1.165) is 27.1 Å². The van der Waals surface area contributed by atoms with Crippen LogP contribution in [-0.4, -0.2) is 37.8 Å². The molecule has 0 saturated heterocycles. The first-order valence-corrected chi connectivity index (χ1v) is 13.3. The van der Waals surface area contributed by atoms with E-state index in [0.29, 0.717) is 41.0 Å². The molecule has 0 aliphatic carbocycles. The van der Waals surface area contributed by atoms with Crippen LogP contribution in [0.1, 0.15) is 44.4 Å². The summed E-state index contributed by atoms with van der Waals surface area (Å²) in [6.07, 6.45) is 2.59. The second kappa shape index (κ2) is 9.98. The molecule has 1 aromatic heterocycles. The van der Waals surface area contributed by atoms with Crippen LogP contribution >= 0.6 is 11.8 Å². The van der Waals surface area contributed by atoms with E-state index in [9.17, 15) is 9.59 Å². The summed E-state index contributed by atoms with van der Waals surface area (Å²) in [4.78, 5) is 30.5. The number of rotatable bonds is 7. The molecule has 190 valence electrons. The molecule has 1 unspecified atom stereocenters. The number of hydrogen-bond acceptors (Lipinski definition) is 6. The molecule has 1 amide bonds. The summed E-state index contributed by atoms with van der Waals surface area (Å²) in [5.41, 5.74) is 4.43. The zero-order chi connectivity index (χ0) is 26.3. The molecule has 5 rings (SSSR count). The number of amides is 1. The molecule has 0 bridgehead atoms. The third-order valence-corrected chi connectivity index (χ3v) is 7.66. The highest BCUT2D eigenvalue weighted by Crippen LogP contribution is 2.39. The van der Waals surface area contributed by atoms with Gasteiger partial charge in [-0.05, 0) is 79.1 Å². The summed E-state index contributed by atoms with van der Waals surface area (Å²) in [6, 6.07) is 17.0. The Morgan fingerprint density at radius 2 is 1.68 bits per heavy atom. The number of hydrogen-bond donors (Lipinski definition) is 0. The van der Waals surface area contributed by atoms with E-state index < -0.39 is 6.04 Å². The third-order valence-electron chi connectivity index (χ3n) is 6.92. The van der Waals surface area contributed by atoms with Gasteiger partial charge in [-0.2, -0.15) is 0 Å². The van der Waals surface area contributed by atoms with Crippen LogP contribution in [0.4, 0.5) is 0 Å². The number of carbonyl (C=O) groups excluding carboxylic acids is 1. The zero-order valence-corrected chi connectivity index (χ0v) is 22.4. The first kappa shape index (κ1) is 25.0. The van der Waals surface area contributed by atoms with Crippen molar-refractivity contribution in [3.8, 4) is 11.5 Å². The smallest absolute Gasteiger partial charge is 0.290 e. The summed E-state index contributed by atoms with van der Waals surface area (Å²) in [5.74, 6) is 1.15. The van der Waals surface area contributed by atoms with Crippen molar-refractivity contribution >= 4 is 28.6 Å². The highest BCUT2D eigenvalue weighted by Gasteiger charge is 2.42. The van der Waals surface area contributed by atoms with Crippen molar-refractivity contribution in [1.82, 2.24) is 4.90 Å². The van der Waals surface area contributed by atoms with Gasteiger partial charge in [-0.15, -0.1) is 11.8 Å². The predicted octanol–water partition coefficient (Wildman–Crippen LogP) is 5.94. The predicted molar refractivity (Wildman–Crippen MR) is 146 cm³/mol. The average Bonchev–Trinajstić information content (AvgIpc) is 3.19. The molecule has 1 aliphatic heterocycles. The van der Waals surface area contributed by atoms with Crippen LogP contribution in [0.2, 0.25) is 0 Å². The lowest BCUT2D eigenvalue weighted by atomic mass is 9.97. The lowest BCUT2D eigenvalue weighted by molar-refractivity contribution is 0.0730. The fourth-order valence-electron chi connectivity index (χ4n) is 5.12. The van der Waals surface area contributed by atoms with E-state index in [1.165, 1.54) is 0 Å². The number of ether oxygens (including phenoxy) is 2. The average molecular weight is 516 g/mol. The fourth-order valence-corrected chi connectivity index (χ4v) is 5.53. The molecular formula is C30H29NO5S. The van der Waals surface area contributed by atoms with Gasteiger partial charge in [-0.3, -0.25) is 9.59 Å². The lowest BCUT2D eigenvalue weighted by Crippen LogP contribution is -2.31.